The first-order valence-electron chi connectivity index (χ1n) is 18.1. The largest absolute Gasteiger partial charge is 0.480 e. The topological polar surface area (TPSA) is 184 Å². The van der Waals surface area contributed by atoms with Crippen LogP contribution in [0.15, 0.2) is 111 Å². The van der Waals surface area contributed by atoms with E-state index in [2.05, 4.69) is 73.9 Å². The third-order valence-corrected chi connectivity index (χ3v) is 11.2. The lowest BCUT2D eigenvalue weighted by Crippen LogP contribution is -2.33. The van der Waals surface area contributed by atoms with Crippen molar-refractivity contribution >= 4 is 70.7 Å². The zero-order chi connectivity index (χ0) is 40.7. The van der Waals surface area contributed by atoms with Gasteiger partial charge < -0.3 is 19.0 Å². The predicted molar refractivity (Wildman–Crippen MR) is 237 cm³/mol. The first-order valence-corrected chi connectivity index (χ1v) is 20.7. The number of pyridine rings is 2. The fourth-order valence-corrected chi connectivity index (χ4v) is 7.88. The molecule has 2 unspecified atom stereocenters. The molecule has 0 radical (unpaired) electrons. The lowest BCUT2D eigenvalue weighted by molar-refractivity contribution is 0.0620. The number of fused-ring (bicyclic) bond motifs is 2. The minimum atomic E-state index is -0.124. The van der Waals surface area contributed by atoms with Crippen LogP contribution in [0.25, 0.3) is 26.1 Å². The monoisotopic (exact) mass is 908 g/mol. The second-order valence-electron chi connectivity index (χ2n) is 13.0. The molecule has 0 saturated heterocycles. The minimum Gasteiger partial charge on any atom is -0.480 e. The summed E-state index contributed by atoms with van der Waals surface area (Å²) in [5, 5.41) is 0. The van der Waals surface area contributed by atoms with Gasteiger partial charge in [-0.05, 0) is 89.4 Å². The van der Waals surface area contributed by atoms with Crippen molar-refractivity contribution in [3.8, 4) is 17.4 Å². The number of thiazole rings is 2. The van der Waals surface area contributed by atoms with Crippen molar-refractivity contribution in [3.05, 3.63) is 135 Å². The number of aryl methyl sites for hydroxylation is 2. The lowest BCUT2D eigenvalue weighted by Gasteiger charge is -2.22. The standard InChI is InChI=1S/C20H18N6O2S.C16H13BrN4O2S.C4H6N2.CH4/c1-12-8-26(10-21-12)17-6-5-15(24-20(17)27-2)19-23-16(9-28-25-19)13-3-4-14-18(7-13)29-11-22-14;1-22-16-10(17)3-5-12(20-16)15-19-13(7-23-21-15)9-2-4-11-14(6-9)24-8-18-11;1-4-2-5-3-6-4;/h3-8,10-11,16H,9H2,1-2H3,(H,23,25);2-6,8,13H,7H2,1H3,(H,19,21);2-3H,1H3,(H,5,6);1H4. The molecule has 0 amide bonds. The quantitative estimate of drug-likeness (QED) is 0.140. The number of H-pyrrole nitrogens is 1. The molecule has 60 heavy (non-hydrogen) atoms. The normalized spacial score (nSPS) is 15.8. The molecule has 8 aromatic rings. The molecule has 19 heteroatoms. The van der Waals surface area contributed by atoms with Gasteiger partial charge in [0.2, 0.25) is 11.8 Å². The number of hydroxylamine groups is 2. The second-order valence-corrected chi connectivity index (χ2v) is 15.7. The van der Waals surface area contributed by atoms with Crippen LogP contribution in [-0.4, -0.2) is 78.6 Å². The van der Waals surface area contributed by atoms with E-state index >= 15 is 0 Å². The highest BCUT2D eigenvalue weighted by Crippen LogP contribution is 2.30. The maximum atomic E-state index is 5.60. The second kappa shape index (κ2) is 19.3. The van der Waals surface area contributed by atoms with E-state index in [4.69, 9.17) is 29.1 Å². The molecule has 2 aromatic carbocycles. The number of aromatic nitrogens is 8. The molecule has 0 fully saturated rings. The van der Waals surface area contributed by atoms with E-state index in [1.165, 1.54) is 0 Å². The van der Waals surface area contributed by atoms with Crippen LogP contribution in [0.5, 0.6) is 11.8 Å². The van der Waals surface area contributed by atoms with Crippen molar-refractivity contribution in [1.29, 1.82) is 0 Å². The Hall–Kier alpha value is -6.12. The average molecular weight is 910 g/mol. The van der Waals surface area contributed by atoms with Gasteiger partial charge in [0.1, 0.15) is 42.4 Å². The molecule has 0 spiro atoms. The number of ether oxygens (including phenoxy) is 2. The molecule has 10 rings (SSSR count). The third kappa shape index (κ3) is 9.67. The average Bonchev–Trinajstić information content (AvgIpc) is 4.13. The van der Waals surface area contributed by atoms with Crippen LogP contribution in [0.2, 0.25) is 0 Å². The molecule has 0 bridgehead atoms. The van der Waals surface area contributed by atoms with Crippen LogP contribution in [0.3, 0.4) is 0 Å². The molecule has 2 aliphatic rings. The molecule has 3 N–H and O–H groups in total. The Balaban J connectivity index is 0.000000159. The Morgan fingerprint density at radius 1 is 0.750 bits per heavy atom. The molecule has 8 heterocycles. The van der Waals surface area contributed by atoms with Crippen LogP contribution in [0.1, 0.15) is 53.4 Å². The van der Waals surface area contributed by atoms with Crippen molar-refractivity contribution in [2.45, 2.75) is 33.4 Å². The summed E-state index contributed by atoms with van der Waals surface area (Å²) in [6.45, 7) is 4.80. The number of aromatic amines is 1. The fourth-order valence-electron chi connectivity index (χ4n) is 6.04. The van der Waals surface area contributed by atoms with Crippen LogP contribution >= 0.6 is 38.6 Å². The van der Waals surface area contributed by atoms with Gasteiger partial charge in [-0.15, -0.1) is 22.7 Å². The summed E-state index contributed by atoms with van der Waals surface area (Å²) in [6, 6.07) is 19.7. The van der Waals surface area contributed by atoms with E-state index in [0.717, 1.165) is 53.1 Å². The SMILES string of the molecule is C.COc1nc(C2=NC(c3ccc4ncsc4c3)CON2)ccc1-n1cnc(C)c1.COc1nc(C2=NC(c3ccc4ncsc4c3)CON2)ccc1Br.Cc1cnc[nH]1. The smallest absolute Gasteiger partial charge is 0.238 e. The number of aliphatic imine (C=N–C) groups is 2. The van der Waals surface area contributed by atoms with Crippen LogP contribution < -0.4 is 20.4 Å². The summed E-state index contributed by atoms with van der Waals surface area (Å²) in [4.78, 5) is 49.3. The fraction of sp³-hybridized carbons (Fsp3) is 0.220. The first-order chi connectivity index (χ1) is 28.8. The Bertz CT molecular complexity index is 2750. The van der Waals surface area contributed by atoms with Crippen molar-refractivity contribution < 1.29 is 19.1 Å². The summed E-state index contributed by atoms with van der Waals surface area (Å²) >= 11 is 6.63. The zero-order valence-corrected chi connectivity index (χ0v) is 35.4. The summed E-state index contributed by atoms with van der Waals surface area (Å²) in [6.07, 6.45) is 7.10. The number of rotatable bonds is 7. The Kier molecular flexibility index (Phi) is 13.5. The van der Waals surface area contributed by atoms with E-state index in [1.807, 2.05) is 84.2 Å². The van der Waals surface area contributed by atoms with Gasteiger partial charge in [0.15, 0.2) is 11.7 Å². The predicted octanol–water partition coefficient (Wildman–Crippen LogP) is 8.06. The van der Waals surface area contributed by atoms with Gasteiger partial charge in [0, 0.05) is 18.1 Å². The van der Waals surface area contributed by atoms with E-state index in [0.29, 0.717) is 48.0 Å². The number of benzene rings is 2. The third-order valence-electron chi connectivity index (χ3n) is 9.02. The molecule has 2 atom stereocenters. The molecule has 0 saturated carbocycles. The van der Waals surface area contributed by atoms with Gasteiger partial charge in [-0.3, -0.25) is 19.7 Å². The van der Waals surface area contributed by atoms with Gasteiger partial charge in [-0.25, -0.2) is 40.9 Å². The maximum Gasteiger partial charge on any atom is 0.238 e. The van der Waals surface area contributed by atoms with Gasteiger partial charge >= 0.3 is 0 Å². The highest BCUT2D eigenvalue weighted by atomic mass is 79.9. The highest BCUT2D eigenvalue weighted by molar-refractivity contribution is 9.10. The van der Waals surface area contributed by atoms with Crippen molar-refractivity contribution in [3.63, 3.8) is 0 Å². The zero-order valence-electron chi connectivity index (χ0n) is 32.2. The van der Waals surface area contributed by atoms with E-state index in [1.54, 1.807) is 55.7 Å². The van der Waals surface area contributed by atoms with Gasteiger partial charge in [-0.1, -0.05) is 19.6 Å². The summed E-state index contributed by atoms with van der Waals surface area (Å²) in [7, 11) is 3.18. The summed E-state index contributed by atoms with van der Waals surface area (Å²) in [5.74, 6) is 2.14. The molecule has 308 valence electrons. The van der Waals surface area contributed by atoms with E-state index in [9.17, 15) is 0 Å². The minimum absolute atomic E-state index is 0. The summed E-state index contributed by atoms with van der Waals surface area (Å²) in [5.41, 5.74) is 17.7. The number of nitrogens with zero attached hydrogens (tertiary/aromatic N) is 9. The van der Waals surface area contributed by atoms with Crippen LogP contribution in [0, 0.1) is 13.8 Å². The number of hydrogen-bond donors (Lipinski definition) is 3. The van der Waals surface area contributed by atoms with Gasteiger partial charge in [0.25, 0.3) is 0 Å². The molecular weight excluding hydrogens is 869 g/mol. The number of halogens is 1. The summed E-state index contributed by atoms with van der Waals surface area (Å²) < 4.78 is 15.7. The van der Waals surface area contributed by atoms with Crippen molar-refractivity contribution in [2.75, 3.05) is 27.4 Å². The number of methoxy groups -OCH3 is 2. The van der Waals surface area contributed by atoms with E-state index in [-0.39, 0.29) is 19.5 Å². The first kappa shape index (κ1) is 42.0. The van der Waals surface area contributed by atoms with Crippen molar-refractivity contribution in [1.82, 2.24) is 50.4 Å². The van der Waals surface area contributed by atoms with Crippen LogP contribution in [-0.2, 0) is 9.68 Å². The highest BCUT2D eigenvalue weighted by Gasteiger charge is 2.23. The molecular formula is C41H41BrN12O4S2. The molecule has 6 aromatic heterocycles. The Morgan fingerprint density at radius 3 is 1.83 bits per heavy atom. The van der Waals surface area contributed by atoms with Crippen molar-refractivity contribution in [2.24, 2.45) is 9.98 Å². The Morgan fingerprint density at radius 2 is 1.33 bits per heavy atom. The van der Waals surface area contributed by atoms with E-state index < -0.39 is 0 Å². The van der Waals surface area contributed by atoms with Gasteiger partial charge in [-0.2, -0.15) is 0 Å². The van der Waals surface area contributed by atoms with Gasteiger partial charge in [0.05, 0.1) is 68.5 Å². The number of nitrogens with one attached hydrogen (secondary N) is 3. The lowest BCUT2D eigenvalue weighted by atomic mass is 10.1. The Labute approximate surface area is 361 Å². The van der Waals surface area contributed by atoms with Crippen LogP contribution in [0.4, 0.5) is 0 Å². The number of imidazole rings is 2. The molecule has 0 aliphatic carbocycles. The number of amidine groups is 2. The maximum absolute atomic E-state index is 5.60. The number of hydrogen-bond acceptors (Lipinski definition) is 16. The molecule has 2 aliphatic heterocycles. The molecule has 16 nitrogen and oxygen atoms in total.